The molecular weight excluding hydrogens is 402 g/mol. The topological polar surface area (TPSA) is 70.0 Å². The average molecular weight is 432 g/mol. The van der Waals surface area contributed by atoms with Crippen LogP contribution in [0, 0.1) is 0 Å². The predicted molar refractivity (Wildman–Crippen MR) is 118 cm³/mol. The molecule has 2 aromatic carbocycles. The Kier molecular flexibility index (Phi) is 6.75. The van der Waals surface area contributed by atoms with E-state index in [1.165, 1.54) is 0 Å². The Balaban J connectivity index is 1.93. The maximum atomic E-state index is 13.3. The van der Waals surface area contributed by atoms with Crippen LogP contribution in [0.25, 0.3) is 0 Å². The van der Waals surface area contributed by atoms with Crippen molar-refractivity contribution in [2.24, 2.45) is 0 Å². The summed E-state index contributed by atoms with van der Waals surface area (Å²) >= 11 is 6.33. The SMILES string of the molecule is CCOc1ccc(Cl)c(CC(=O)N2[C@@H](CO)Cc3c(cccc3C(C)(C)O)[C@@H]2C)c1. The van der Waals surface area contributed by atoms with Crippen molar-refractivity contribution in [2.75, 3.05) is 13.2 Å². The van der Waals surface area contributed by atoms with E-state index in [2.05, 4.69) is 0 Å². The van der Waals surface area contributed by atoms with Gasteiger partial charge in [0.25, 0.3) is 0 Å². The number of carbonyl (C=O) groups excluding carboxylic acids is 1. The first-order chi connectivity index (χ1) is 14.2. The first kappa shape index (κ1) is 22.6. The van der Waals surface area contributed by atoms with E-state index < -0.39 is 5.60 Å². The molecule has 0 spiro atoms. The number of ether oxygens (including phenoxy) is 1. The molecule has 1 heterocycles. The largest absolute Gasteiger partial charge is 0.494 e. The third-order valence-corrected chi connectivity index (χ3v) is 6.11. The normalized spacial score (nSPS) is 18.8. The third-order valence-electron chi connectivity index (χ3n) is 5.74. The molecule has 0 aromatic heterocycles. The fourth-order valence-electron chi connectivity index (χ4n) is 4.37. The Morgan fingerprint density at radius 1 is 1.30 bits per heavy atom. The monoisotopic (exact) mass is 431 g/mol. The first-order valence-electron chi connectivity index (χ1n) is 10.3. The van der Waals surface area contributed by atoms with E-state index in [-0.39, 0.29) is 31.0 Å². The van der Waals surface area contributed by atoms with Crippen molar-refractivity contribution in [1.82, 2.24) is 4.90 Å². The molecule has 0 unspecified atom stereocenters. The lowest BCUT2D eigenvalue weighted by molar-refractivity contribution is -0.137. The van der Waals surface area contributed by atoms with Gasteiger partial charge in [0, 0.05) is 5.02 Å². The van der Waals surface area contributed by atoms with Crippen molar-refractivity contribution in [3.63, 3.8) is 0 Å². The Hall–Kier alpha value is -2.08. The number of hydrogen-bond donors (Lipinski definition) is 2. The standard InChI is InChI=1S/C24H30ClNO4/c1-5-30-18-9-10-22(25)16(11-18)12-23(28)26-15(2)19-7-6-8-21(24(3,4)29)20(19)13-17(26)14-27/h6-11,15,17,27,29H,5,12-14H2,1-4H3/t15-,17+/m0/s1. The Bertz CT molecular complexity index is 922. The van der Waals surface area contributed by atoms with Gasteiger partial charge in [0.15, 0.2) is 0 Å². The lowest BCUT2D eigenvalue weighted by Crippen LogP contribution is -2.49. The number of benzene rings is 2. The minimum atomic E-state index is -0.996. The maximum Gasteiger partial charge on any atom is 0.227 e. The molecule has 0 fully saturated rings. The second kappa shape index (κ2) is 8.96. The van der Waals surface area contributed by atoms with Gasteiger partial charge in [-0.1, -0.05) is 29.8 Å². The smallest absolute Gasteiger partial charge is 0.227 e. The van der Waals surface area contributed by atoms with Crippen molar-refractivity contribution < 1.29 is 19.7 Å². The highest BCUT2D eigenvalue weighted by molar-refractivity contribution is 6.31. The molecule has 0 saturated heterocycles. The zero-order valence-electron chi connectivity index (χ0n) is 18.0. The molecule has 1 amide bonds. The van der Waals surface area contributed by atoms with Gasteiger partial charge in [-0.15, -0.1) is 0 Å². The van der Waals surface area contributed by atoms with Gasteiger partial charge in [-0.05, 0) is 74.6 Å². The molecule has 1 aliphatic rings. The van der Waals surface area contributed by atoms with Crippen LogP contribution in [0.5, 0.6) is 5.75 Å². The number of nitrogens with zero attached hydrogens (tertiary/aromatic N) is 1. The minimum absolute atomic E-state index is 0.101. The van der Waals surface area contributed by atoms with Crippen LogP contribution in [0.1, 0.15) is 56.0 Å². The van der Waals surface area contributed by atoms with Gasteiger partial charge in [-0.2, -0.15) is 0 Å². The quantitative estimate of drug-likeness (QED) is 0.724. The molecule has 3 rings (SSSR count). The van der Waals surface area contributed by atoms with Crippen molar-refractivity contribution in [2.45, 2.75) is 58.2 Å². The zero-order chi connectivity index (χ0) is 22.1. The number of amides is 1. The molecule has 1 aliphatic heterocycles. The number of rotatable bonds is 6. The van der Waals surface area contributed by atoms with Crippen LogP contribution in [0.4, 0.5) is 0 Å². The summed E-state index contributed by atoms with van der Waals surface area (Å²) in [4.78, 5) is 15.1. The summed E-state index contributed by atoms with van der Waals surface area (Å²) in [6, 6.07) is 10.5. The van der Waals surface area contributed by atoms with Crippen LogP contribution in [0.2, 0.25) is 5.02 Å². The zero-order valence-corrected chi connectivity index (χ0v) is 18.7. The molecule has 0 bridgehead atoms. The summed E-state index contributed by atoms with van der Waals surface area (Å²) in [6.07, 6.45) is 0.621. The molecule has 0 aliphatic carbocycles. The van der Waals surface area contributed by atoms with Gasteiger partial charge in [0.1, 0.15) is 5.75 Å². The Morgan fingerprint density at radius 2 is 2.03 bits per heavy atom. The van der Waals surface area contributed by atoms with E-state index in [9.17, 15) is 15.0 Å². The van der Waals surface area contributed by atoms with E-state index in [1.807, 2.05) is 32.0 Å². The number of halogens is 1. The van der Waals surface area contributed by atoms with Crippen molar-refractivity contribution >= 4 is 17.5 Å². The molecule has 0 radical (unpaired) electrons. The summed E-state index contributed by atoms with van der Waals surface area (Å²) < 4.78 is 5.54. The van der Waals surface area contributed by atoms with E-state index in [4.69, 9.17) is 16.3 Å². The van der Waals surface area contributed by atoms with Gasteiger partial charge >= 0.3 is 0 Å². The fraction of sp³-hybridized carbons (Fsp3) is 0.458. The number of fused-ring (bicyclic) bond motifs is 1. The van der Waals surface area contributed by atoms with Gasteiger partial charge in [0.2, 0.25) is 5.91 Å². The highest BCUT2D eigenvalue weighted by atomic mass is 35.5. The second-order valence-electron chi connectivity index (χ2n) is 8.31. The average Bonchev–Trinajstić information content (AvgIpc) is 2.69. The minimum Gasteiger partial charge on any atom is -0.494 e. The summed E-state index contributed by atoms with van der Waals surface area (Å²) in [7, 11) is 0. The molecular formula is C24H30ClNO4. The fourth-order valence-corrected chi connectivity index (χ4v) is 4.55. The first-order valence-corrected chi connectivity index (χ1v) is 10.7. The molecule has 2 N–H and O–H groups in total. The summed E-state index contributed by atoms with van der Waals surface area (Å²) in [5, 5.41) is 21.2. The van der Waals surface area contributed by atoms with Gasteiger partial charge < -0.3 is 19.8 Å². The van der Waals surface area contributed by atoms with E-state index in [0.717, 1.165) is 16.7 Å². The highest BCUT2D eigenvalue weighted by Gasteiger charge is 2.37. The number of aliphatic hydroxyl groups excluding tert-OH is 1. The number of carbonyl (C=O) groups is 1. The summed E-state index contributed by atoms with van der Waals surface area (Å²) in [5.74, 6) is 0.576. The van der Waals surface area contributed by atoms with Gasteiger partial charge in [0.05, 0.1) is 37.3 Å². The second-order valence-corrected chi connectivity index (χ2v) is 8.72. The molecule has 2 atom stereocenters. The molecule has 30 heavy (non-hydrogen) atoms. The molecule has 2 aromatic rings. The highest BCUT2D eigenvalue weighted by Crippen LogP contribution is 2.38. The van der Waals surface area contributed by atoms with E-state index in [1.54, 1.807) is 36.9 Å². The van der Waals surface area contributed by atoms with E-state index >= 15 is 0 Å². The van der Waals surface area contributed by atoms with Crippen LogP contribution in [-0.4, -0.2) is 40.3 Å². The molecule has 5 nitrogen and oxygen atoms in total. The van der Waals surface area contributed by atoms with Crippen molar-refractivity contribution in [3.8, 4) is 5.75 Å². The van der Waals surface area contributed by atoms with Crippen LogP contribution in [0.3, 0.4) is 0 Å². The maximum absolute atomic E-state index is 13.3. The van der Waals surface area contributed by atoms with Gasteiger partial charge in [-0.25, -0.2) is 0 Å². The van der Waals surface area contributed by atoms with Gasteiger partial charge in [-0.3, -0.25) is 4.79 Å². The molecule has 162 valence electrons. The summed E-state index contributed by atoms with van der Waals surface area (Å²) in [5.41, 5.74) is 2.56. The van der Waals surface area contributed by atoms with Crippen LogP contribution in [0.15, 0.2) is 36.4 Å². The van der Waals surface area contributed by atoms with Crippen LogP contribution >= 0.6 is 11.6 Å². The third kappa shape index (κ3) is 4.48. The van der Waals surface area contributed by atoms with Crippen molar-refractivity contribution in [1.29, 1.82) is 0 Å². The molecule has 0 saturated carbocycles. The predicted octanol–water partition coefficient (Wildman–Crippen LogP) is 4.02. The molecule has 6 heteroatoms. The van der Waals surface area contributed by atoms with E-state index in [0.29, 0.717) is 29.4 Å². The number of hydrogen-bond acceptors (Lipinski definition) is 4. The van der Waals surface area contributed by atoms with Crippen LogP contribution in [-0.2, 0) is 23.2 Å². The Morgan fingerprint density at radius 3 is 2.67 bits per heavy atom. The lowest BCUT2D eigenvalue weighted by Gasteiger charge is -2.43. The number of aliphatic hydroxyl groups is 2. The van der Waals surface area contributed by atoms with Crippen LogP contribution < -0.4 is 4.74 Å². The lowest BCUT2D eigenvalue weighted by atomic mass is 9.81. The van der Waals surface area contributed by atoms with Crippen molar-refractivity contribution in [3.05, 3.63) is 63.7 Å². The Labute approximate surface area is 183 Å². The summed E-state index contributed by atoms with van der Waals surface area (Å²) in [6.45, 7) is 7.76.